The van der Waals surface area contributed by atoms with Gasteiger partial charge >= 0.3 is 0 Å². The van der Waals surface area contributed by atoms with E-state index in [-0.39, 0.29) is 12.2 Å². The summed E-state index contributed by atoms with van der Waals surface area (Å²) in [5, 5.41) is 9.70. The third-order valence-electron chi connectivity index (χ3n) is 11.1. The predicted molar refractivity (Wildman–Crippen MR) is 204 cm³/mol. The highest BCUT2D eigenvalue weighted by atomic mass is 16.6. The molecule has 4 nitrogen and oxygen atoms in total. The molecule has 2 heterocycles. The molecule has 0 N–H and O–H groups in total. The zero-order valence-electron chi connectivity index (χ0n) is 28.0. The molecule has 0 bridgehead atoms. The first kappa shape index (κ1) is 29.1. The van der Waals surface area contributed by atoms with E-state index in [0.29, 0.717) is 13.2 Å². The first-order valence-corrected chi connectivity index (χ1v) is 17.8. The Hall–Kier alpha value is -5.68. The first-order chi connectivity index (χ1) is 25.2. The van der Waals surface area contributed by atoms with E-state index in [1.165, 1.54) is 65.7 Å². The van der Waals surface area contributed by atoms with Gasteiger partial charge in [-0.3, -0.25) is 0 Å². The molecular weight excluding hydrogens is 629 g/mol. The molecule has 0 saturated carbocycles. The minimum Gasteiger partial charge on any atom is -0.491 e. The van der Waals surface area contributed by atoms with Gasteiger partial charge in [0.25, 0.3) is 0 Å². The lowest BCUT2D eigenvalue weighted by Crippen LogP contribution is -2.29. The second kappa shape index (κ2) is 11.2. The van der Waals surface area contributed by atoms with Crippen LogP contribution in [0, 0.1) is 0 Å². The van der Waals surface area contributed by atoms with Crippen molar-refractivity contribution in [1.82, 2.24) is 0 Å². The molecule has 3 aliphatic rings. The van der Waals surface area contributed by atoms with Crippen molar-refractivity contribution >= 4 is 43.1 Å². The molecule has 8 aromatic carbocycles. The third kappa shape index (κ3) is 4.67. The topological polar surface area (TPSA) is 43.5 Å². The van der Waals surface area contributed by atoms with E-state index in [9.17, 15) is 0 Å². The molecule has 0 spiro atoms. The summed E-state index contributed by atoms with van der Waals surface area (Å²) in [6.45, 7) is 2.74. The molecule has 1 aliphatic carbocycles. The van der Waals surface area contributed by atoms with Crippen molar-refractivity contribution in [3.05, 3.63) is 168 Å². The normalized spacial score (nSPS) is 20.1. The molecule has 2 unspecified atom stereocenters. The van der Waals surface area contributed by atoms with Crippen LogP contribution in [0.15, 0.2) is 146 Å². The fourth-order valence-corrected chi connectivity index (χ4v) is 8.46. The maximum Gasteiger partial charge on any atom is 0.120 e. The van der Waals surface area contributed by atoms with Gasteiger partial charge in [-0.05, 0) is 113 Å². The van der Waals surface area contributed by atoms with Crippen LogP contribution in [0.3, 0.4) is 0 Å². The molecule has 8 aromatic rings. The van der Waals surface area contributed by atoms with E-state index in [1.807, 2.05) is 0 Å². The van der Waals surface area contributed by atoms with Gasteiger partial charge in [-0.1, -0.05) is 109 Å². The van der Waals surface area contributed by atoms with Gasteiger partial charge in [-0.25, -0.2) is 0 Å². The fraction of sp³-hybridized carbons (Fsp3) is 0.149. The van der Waals surface area contributed by atoms with E-state index in [2.05, 4.69) is 146 Å². The van der Waals surface area contributed by atoms with E-state index < -0.39 is 5.41 Å². The number of hydrogen-bond acceptors (Lipinski definition) is 4. The van der Waals surface area contributed by atoms with Gasteiger partial charge in [0, 0.05) is 0 Å². The van der Waals surface area contributed by atoms with E-state index in [0.717, 1.165) is 35.5 Å². The van der Waals surface area contributed by atoms with Gasteiger partial charge in [-0.2, -0.15) is 0 Å². The van der Waals surface area contributed by atoms with E-state index in [1.54, 1.807) is 0 Å². The summed E-state index contributed by atoms with van der Waals surface area (Å²) < 4.78 is 22.9. The van der Waals surface area contributed by atoms with Gasteiger partial charge in [0.1, 0.15) is 36.9 Å². The predicted octanol–water partition coefficient (Wildman–Crippen LogP) is 10.2. The van der Waals surface area contributed by atoms with Gasteiger partial charge < -0.3 is 18.9 Å². The van der Waals surface area contributed by atoms with Gasteiger partial charge in [-0.15, -0.1) is 0 Å². The van der Waals surface area contributed by atoms with Crippen molar-refractivity contribution in [2.24, 2.45) is 0 Å². The number of benzene rings is 8. The summed E-state index contributed by atoms with van der Waals surface area (Å²) in [5.41, 5.74) is 7.13. The Bertz CT molecular complexity index is 2590. The molecule has 0 amide bonds. The van der Waals surface area contributed by atoms with Crippen molar-refractivity contribution < 1.29 is 18.9 Å². The summed E-state index contributed by atoms with van der Waals surface area (Å²) in [7, 11) is 0. The Kier molecular flexibility index (Phi) is 6.37. The maximum atomic E-state index is 6.08. The molecule has 11 rings (SSSR count). The number of fused-ring (bicyclic) bond motifs is 9. The standard InChI is InChI=1S/C47H34O4/c1-3-7-41-29(5-1)14-20-44-45(41)43-19-13-30-6-2-4-8-42(30)46(43)47(44,35-15-9-33-23-37(17-11-31(33)21-35)48-25-39-27-50-39)36-16-10-34-24-38(18-12-32(34)22-36)49-26-40-28-51-40/h1-24,39-40H,25-28H2. The van der Waals surface area contributed by atoms with Crippen LogP contribution in [0.25, 0.3) is 54.2 Å². The lowest BCUT2D eigenvalue weighted by molar-refractivity contribution is 0.263. The SMILES string of the molecule is c1ccc2c3c(ccc2c1)C(c1ccc2cc(OCC4CO4)ccc2c1)(c1ccc2cc(OCC4CO4)ccc2c1)c1c-3ccc2ccccc12. The van der Waals surface area contributed by atoms with Gasteiger partial charge in [0.05, 0.1) is 18.6 Å². The van der Waals surface area contributed by atoms with Crippen molar-refractivity contribution in [1.29, 1.82) is 0 Å². The largest absolute Gasteiger partial charge is 0.491 e. The molecular formula is C47H34O4. The van der Waals surface area contributed by atoms with Crippen molar-refractivity contribution in [2.75, 3.05) is 26.4 Å². The highest BCUT2D eigenvalue weighted by Gasteiger charge is 2.48. The minimum atomic E-state index is -0.588. The molecule has 246 valence electrons. The third-order valence-corrected chi connectivity index (χ3v) is 11.1. The molecule has 2 atom stereocenters. The number of epoxide rings is 2. The number of hydrogen-bond donors (Lipinski definition) is 0. The Morgan fingerprint density at radius 1 is 0.490 bits per heavy atom. The number of rotatable bonds is 8. The van der Waals surface area contributed by atoms with Gasteiger partial charge in [0.15, 0.2) is 0 Å². The summed E-state index contributed by atoms with van der Waals surface area (Å²) in [6, 6.07) is 53.9. The van der Waals surface area contributed by atoms with Crippen LogP contribution in [0.2, 0.25) is 0 Å². The van der Waals surface area contributed by atoms with Crippen LogP contribution in [-0.4, -0.2) is 38.6 Å². The van der Waals surface area contributed by atoms with Crippen molar-refractivity contribution in [2.45, 2.75) is 17.6 Å². The van der Waals surface area contributed by atoms with Crippen molar-refractivity contribution in [3.63, 3.8) is 0 Å². The smallest absolute Gasteiger partial charge is 0.120 e. The zero-order chi connectivity index (χ0) is 33.5. The van der Waals surface area contributed by atoms with E-state index >= 15 is 0 Å². The molecule has 4 heteroatoms. The van der Waals surface area contributed by atoms with Crippen LogP contribution in [0.4, 0.5) is 0 Å². The summed E-state index contributed by atoms with van der Waals surface area (Å²) in [5.74, 6) is 1.74. The fourth-order valence-electron chi connectivity index (χ4n) is 8.46. The minimum absolute atomic E-state index is 0.217. The zero-order valence-corrected chi connectivity index (χ0v) is 28.0. The van der Waals surface area contributed by atoms with Crippen LogP contribution in [0.1, 0.15) is 22.3 Å². The number of ether oxygens (including phenoxy) is 4. The lowest BCUT2D eigenvalue weighted by Gasteiger charge is -2.35. The molecule has 2 saturated heterocycles. The maximum absolute atomic E-state index is 6.08. The molecule has 0 aromatic heterocycles. The molecule has 0 radical (unpaired) electrons. The van der Waals surface area contributed by atoms with Crippen LogP contribution < -0.4 is 9.47 Å². The average Bonchev–Trinajstić information content (AvgIpc) is 4.13. The second-order valence-corrected chi connectivity index (χ2v) is 14.1. The summed E-state index contributed by atoms with van der Waals surface area (Å²) in [4.78, 5) is 0. The highest BCUT2D eigenvalue weighted by molar-refractivity contribution is 6.09. The summed E-state index contributed by atoms with van der Waals surface area (Å²) in [6.07, 6.45) is 0.435. The first-order valence-electron chi connectivity index (χ1n) is 17.8. The van der Waals surface area contributed by atoms with Crippen LogP contribution in [-0.2, 0) is 14.9 Å². The highest BCUT2D eigenvalue weighted by Crippen LogP contribution is 2.60. The van der Waals surface area contributed by atoms with Gasteiger partial charge in [0.2, 0.25) is 0 Å². The van der Waals surface area contributed by atoms with Crippen LogP contribution >= 0.6 is 0 Å². The Balaban J connectivity index is 1.19. The molecule has 2 fully saturated rings. The monoisotopic (exact) mass is 662 g/mol. The van der Waals surface area contributed by atoms with Crippen molar-refractivity contribution in [3.8, 4) is 22.6 Å². The Labute approximate surface area is 295 Å². The lowest BCUT2D eigenvalue weighted by atomic mass is 9.66. The van der Waals surface area contributed by atoms with E-state index in [4.69, 9.17) is 18.9 Å². The Morgan fingerprint density at radius 3 is 1.59 bits per heavy atom. The molecule has 2 aliphatic heterocycles. The second-order valence-electron chi connectivity index (χ2n) is 14.1. The van der Waals surface area contributed by atoms with Crippen LogP contribution in [0.5, 0.6) is 11.5 Å². The molecule has 51 heavy (non-hydrogen) atoms. The Morgan fingerprint density at radius 2 is 0.980 bits per heavy atom. The average molecular weight is 663 g/mol. The quantitative estimate of drug-likeness (QED) is 0.152. The summed E-state index contributed by atoms with van der Waals surface area (Å²) >= 11 is 0.